The second-order valence-corrected chi connectivity index (χ2v) is 8.06. The van der Waals surface area contributed by atoms with E-state index in [0.717, 1.165) is 0 Å². The highest BCUT2D eigenvalue weighted by atomic mass is 16.5. The van der Waals surface area contributed by atoms with Crippen molar-refractivity contribution in [3.8, 4) is 11.5 Å². The maximum Gasteiger partial charge on any atom is 0.326 e. The maximum absolute atomic E-state index is 12.7. The standard InChI is InChI=1S/C25H30N4O8/c1-36-17-8-4-15(5-9-17)13-20(25(34)35)29-24(33)19(14-22(31)32)28-21(30)3-2-12-37-18-10-6-16(7-11-18)23(26)27/h4-11,19-20H,2-3,12-14H2,1H3,(H3,26,27)(H,28,30)(H,29,33)(H,31,32)(H,34,35)/t19-,20-/m0/s1. The van der Waals surface area contributed by atoms with Crippen LogP contribution in [-0.4, -0.2) is 65.6 Å². The van der Waals surface area contributed by atoms with E-state index >= 15 is 0 Å². The molecule has 0 radical (unpaired) electrons. The van der Waals surface area contributed by atoms with Gasteiger partial charge in [-0.2, -0.15) is 0 Å². The van der Waals surface area contributed by atoms with Gasteiger partial charge in [-0.25, -0.2) is 4.79 Å². The van der Waals surface area contributed by atoms with Crippen LogP contribution in [0.15, 0.2) is 48.5 Å². The van der Waals surface area contributed by atoms with Gasteiger partial charge < -0.3 is 36.1 Å². The third-order valence-corrected chi connectivity index (χ3v) is 5.23. The van der Waals surface area contributed by atoms with E-state index in [-0.39, 0.29) is 31.7 Å². The summed E-state index contributed by atoms with van der Waals surface area (Å²) in [6, 6.07) is 10.3. The number of carboxylic acid groups (broad SMARTS) is 2. The van der Waals surface area contributed by atoms with Crippen molar-refractivity contribution in [1.82, 2.24) is 10.6 Å². The summed E-state index contributed by atoms with van der Waals surface area (Å²) in [7, 11) is 1.49. The Morgan fingerprint density at radius 2 is 1.57 bits per heavy atom. The van der Waals surface area contributed by atoms with Crippen molar-refractivity contribution in [1.29, 1.82) is 5.41 Å². The number of amides is 2. The zero-order valence-corrected chi connectivity index (χ0v) is 20.2. The normalized spacial score (nSPS) is 12.0. The lowest BCUT2D eigenvalue weighted by Crippen LogP contribution is -2.52. The number of amidine groups is 1. The number of nitrogen functional groups attached to an aromatic ring is 1. The molecule has 7 N–H and O–H groups in total. The van der Waals surface area contributed by atoms with E-state index in [4.69, 9.17) is 25.7 Å². The second-order valence-electron chi connectivity index (χ2n) is 8.06. The van der Waals surface area contributed by atoms with Crippen LogP contribution < -0.4 is 25.8 Å². The van der Waals surface area contributed by atoms with Crippen LogP contribution in [0.4, 0.5) is 0 Å². The Balaban J connectivity index is 1.89. The monoisotopic (exact) mass is 514 g/mol. The first-order valence-electron chi connectivity index (χ1n) is 11.3. The summed E-state index contributed by atoms with van der Waals surface area (Å²) in [6.07, 6.45) is -0.547. The van der Waals surface area contributed by atoms with E-state index in [9.17, 15) is 24.3 Å². The smallest absolute Gasteiger partial charge is 0.326 e. The molecule has 0 fully saturated rings. The van der Waals surface area contributed by atoms with Gasteiger partial charge in [0.05, 0.1) is 20.1 Å². The topological polar surface area (TPSA) is 201 Å². The molecule has 37 heavy (non-hydrogen) atoms. The molecule has 12 heteroatoms. The Morgan fingerprint density at radius 3 is 2.11 bits per heavy atom. The molecule has 0 bridgehead atoms. The number of methoxy groups -OCH3 is 1. The summed E-state index contributed by atoms with van der Waals surface area (Å²) in [5.41, 5.74) is 6.55. The Labute approximate surface area is 213 Å². The number of hydrogen-bond acceptors (Lipinski definition) is 7. The van der Waals surface area contributed by atoms with Gasteiger partial charge in [-0.05, 0) is 48.4 Å². The minimum absolute atomic E-state index is 0.0520. The number of carbonyl (C=O) groups excluding carboxylic acids is 2. The number of hydrogen-bond donors (Lipinski definition) is 6. The molecule has 0 unspecified atom stereocenters. The fraction of sp³-hybridized carbons (Fsp3) is 0.320. The van der Waals surface area contributed by atoms with Gasteiger partial charge in [-0.3, -0.25) is 19.8 Å². The molecule has 2 rings (SSSR count). The highest BCUT2D eigenvalue weighted by Gasteiger charge is 2.28. The number of carboxylic acids is 2. The van der Waals surface area contributed by atoms with Gasteiger partial charge in [-0.15, -0.1) is 0 Å². The summed E-state index contributed by atoms with van der Waals surface area (Å²) in [5, 5.41) is 30.7. The fourth-order valence-electron chi connectivity index (χ4n) is 3.27. The average molecular weight is 515 g/mol. The van der Waals surface area contributed by atoms with Crippen LogP contribution in [-0.2, 0) is 25.6 Å². The Bertz CT molecular complexity index is 1100. The molecule has 2 atom stereocenters. The van der Waals surface area contributed by atoms with Crippen LogP contribution in [0, 0.1) is 5.41 Å². The quantitative estimate of drug-likeness (QED) is 0.113. The molecule has 0 aliphatic carbocycles. The van der Waals surface area contributed by atoms with E-state index in [1.807, 2.05) is 0 Å². The van der Waals surface area contributed by atoms with Crippen molar-refractivity contribution in [2.45, 2.75) is 37.8 Å². The third kappa shape index (κ3) is 9.88. The van der Waals surface area contributed by atoms with E-state index in [1.165, 1.54) is 7.11 Å². The van der Waals surface area contributed by atoms with E-state index < -0.39 is 42.3 Å². The van der Waals surface area contributed by atoms with Gasteiger partial charge in [0, 0.05) is 18.4 Å². The predicted octanol–water partition coefficient (Wildman–Crippen LogP) is 0.910. The highest BCUT2D eigenvalue weighted by Crippen LogP contribution is 2.14. The molecule has 0 aliphatic heterocycles. The van der Waals surface area contributed by atoms with Gasteiger partial charge in [0.1, 0.15) is 29.4 Å². The molecule has 0 heterocycles. The van der Waals surface area contributed by atoms with Crippen molar-refractivity contribution in [2.75, 3.05) is 13.7 Å². The SMILES string of the molecule is COc1ccc(C[C@H](NC(=O)[C@H](CC(=O)O)NC(=O)CCCOc2ccc(C(=N)N)cc2)C(=O)O)cc1. The Morgan fingerprint density at radius 1 is 0.946 bits per heavy atom. The largest absolute Gasteiger partial charge is 0.497 e. The number of carbonyl (C=O) groups is 4. The molecule has 0 saturated heterocycles. The first-order valence-corrected chi connectivity index (χ1v) is 11.3. The van der Waals surface area contributed by atoms with Gasteiger partial charge in [-0.1, -0.05) is 12.1 Å². The van der Waals surface area contributed by atoms with Crippen molar-refractivity contribution in [3.05, 3.63) is 59.7 Å². The first kappa shape index (κ1) is 28.6. The van der Waals surface area contributed by atoms with Crippen LogP contribution in [0.5, 0.6) is 11.5 Å². The van der Waals surface area contributed by atoms with Crippen LogP contribution in [0.1, 0.15) is 30.4 Å². The molecule has 0 aliphatic rings. The summed E-state index contributed by atoms with van der Waals surface area (Å²) >= 11 is 0. The van der Waals surface area contributed by atoms with Crippen molar-refractivity contribution < 1.29 is 38.9 Å². The minimum atomic E-state index is -1.46. The van der Waals surface area contributed by atoms with Crippen LogP contribution in [0.25, 0.3) is 0 Å². The second kappa shape index (κ2) is 14.1. The molecule has 0 saturated carbocycles. The minimum Gasteiger partial charge on any atom is -0.497 e. The molecular formula is C25H30N4O8. The maximum atomic E-state index is 12.7. The molecule has 0 spiro atoms. The molecule has 2 aromatic carbocycles. The fourth-order valence-corrected chi connectivity index (χ4v) is 3.27. The molecular weight excluding hydrogens is 484 g/mol. The van der Waals surface area contributed by atoms with E-state index in [1.54, 1.807) is 48.5 Å². The van der Waals surface area contributed by atoms with Gasteiger partial charge in [0.15, 0.2) is 0 Å². The molecule has 198 valence electrons. The van der Waals surface area contributed by atoms with Gasteiger partial charge >= 0.3 is 11.9 Å². The lowest BCUT2D eigenvalue weighted by Gasteiger charge is -2.20. The van der Waals surface area contributed by atoms with Crippen molar-refractivity contribution in [3.63, 3.8) is 0 Å². The van der Waals surface area contributed by atoms with Crippen molar-refractivity contribution >= 4 is 29.6 Å². The van der Waals surface area contributed by atoms with E-state index in [2.05, 4.69) is 10.6 Å². The summed E-state index contributed by atoms with van der Waals surface area (Å²) in [5.74, 6) is -3.11. The lowest BCUT2D eigenvalue weighted by molar-refractivity contribution is -0.143. The number of benzene rings is 2. The lowest BCUT2D eigenvalue weighted by atomic mass is 10.0. The summed E-state index contributed by atoms with van der Waals surface area (Å²) in [6.45, 7) is 0.172. The van der Waals surface area contributed by atoms with E-state index in [0.29, 0.717) is 22.6 Å². The summed E-state index contributed by atoms with van der Waals surface area (Å²) < 4.78 is 10.6. The van der Waals surface area contributed by atoms with Crippen LogP contribution >= 0.6 is 0 Å². The van der Waals surface area contributed by atoms with Crippen LogP contribution in [0.2, 0.25) is 0 Å². The third-order valence-electron chi connectivity index (χ3n) is 5.23. The summed E-state index contributed by atoms with van der Waals surface area (Å²) in [4.78, 5) is 48.0. The average Bonchev–Trinajstić information content (AvgIpc) is 2.86. The van der Waals surface area contributed by atoms with Gasteiger partial charge in [0.25, 0.3) is 0 Å². The van der Waals surface area contributed by atoms with Crippen LogP contribution in [0.3, 0.4) is 0 Å². The predicted molar refractivity (Wildman–Crippen MR) is 133 cm³/mol. The van der Waals surface area contributed by atoms with Gasteiger partial charge in [0.2, 0.25) is 11.8 Å². The number of rotatable bonds is 15. The molecule has 2 aromatic rings. The number of ether oxygens (including phenoxy) is 2. The number of nitrogens with two attached hydrogens (primary N) is 1. The zero-order chi connectivity index (χ0) is 27.4. The van der Waals surface area contributed by atoms with Crippen molar-refractivity contribution in [2.24, 2.45) is 5.73 Å². The zero-order valence-electron chi connectivity index (χ0n) is 20.2. The molecule has 0 aromatic heterocycles. The first-order chi connectivity index (χ1) is 17.6. The molecule has 12 nitrogen and oxygen atoms in total. The number of aliphatic carboxylic acids is 2. The Kier molecular flexibility index (Phi) is 10.9. The highest BCUT2D eigenvalue weighted by molar-refractivity contribution is 5.95. The Hall–Kier alpha value is -4.61. The molecule has 2 amide bonds. The number of nitrogens with one attached hydrogen (secondary N) is 3.